The highest BCUT2D eigenvalue weighted by Crippen LogP contribution is 2.23. The summed E-state index contributed by atoms with van der Waals surface area (Å²) in [7, 11) is 5.57. The van der Waals surface area contributed by atoms with E-state index in [4.69, 9.17) is 16.3 Å². The maximum Gasteiger partial charge on any atom is 0.129 e. The fourth-order valence-electron chi connectivity index (χ4n) is 2.15. The van der Waals surface area contributed by atoms with Crippen LogP contribution in [0, 0.1) is 0 Å². The average molecular weight is 306 g/mol. The van der Waals surface area contributed by atoms with Crippen LogP contribution in [0.5, 0.6) is 5.75 Å². The Balaban J connectivity index is 2.20. The number of hydrogen-bond acceptors (Lipinski definition) is 4. The van der Waals surface area contributed by atoms with Crippen molar-refractivity contribution >= 4 is 17.4 Å². The monoisotopic (exact) mass is 305 g/mol. The molecule has 0 aliphatic carbocycles. The van der Waals surface area contributed by atoms with Gasteiger partial charge < -0.3 is 15.0 Å². The van der Waals surface area contributed by atoms with Gasteiger partial charge in [-0.25, -0.2) is 4.98 Å². The number of nitrogens with one attached hydrogen (secondary N) is 1. The standard InChI is InChI=1S/C16H20ClN3O/c1-18-10-14-13(17)8-9-16(19-14)20(2)11-12-6-4-5-7-15(12)21-3/h4-9,18H,10-11H2,1-3H3. The summed E-state index contributed by atoms with van der Waals surface area (Å²) in [6.45, 7) is 1.37. The molecular weight excluding hydrogens is 286 g/mol. The van der Waals surface area contributed by atoms with Crippen molar-refractivity contribution in [3.8, 4) is 5.75 Å². The molecule has 21 heavy (non-hydrogen) atoms. The van der Waals surface area contributed by atoms with Crippen molar-refractivity contribution in [1.29, 1.82) is 0 Å². The van der Waals surface area contributed by atoms with Gasteiger partial charge in [-0.05, 0) is 25.2 Å². The van der Waals surface area contributed by atoms with Crippen LogP contribution in [0.3, 0.4) is 0 Å². The van der Waals surface area contributed by atoms with E-state index in [1.165, 1.54) is 0 Å². The number of rotatable bonds is 6. The van der Waals surface area contributed by atoms with E-state index < -0.39 is 0 Å². The topological polar surface area (TPSA) is 37.4 Å². The number of aromatic nitrogens is 1. The Morgan fingerprint density at radius 2 is 2.00 bits per heavy atom. The van der Waals surface area contributed by atoms with E-state index in [1.807, 2.05) is 44.4 Å². The van der Waals surface area contributed by atoms with E-state index >= 15 is 0 Å². The van der Waals surface area contributed by atoms with Gasteiger partial charge in [0.15, 0.2) is 0 Å². The molecule has 0 spiro atoms. The van der Waals surface area contributed by atoms with Gasteiger partial charge in [-0.15, -0.1) is 0 Å². The summed E-state index contributed by atoms with van der Waals surface area (Å²) in [4.78, 5) is 6.68. The lowest BCUT2D eigenvalue weighted by Gasteiger charge is -2.20. The minimum atomic E-state index is 0.648. The summed E-state index contributed by atoms with van der Waals surface area (Å²) in [6, 6.07) is 11.8. The minimum Gasteiger partial charge on any atom is -0.496 e. The van der Waals surface area contributed by atoms with Crippen LogP contribution < -0.4 is 15.0 Å². The third-order valence-corrected chi connectivity index (χ3v) is 3.58. The molecular formula is C16H20ClN3O. The molecule has 112 valence electrons. The Hall–Kier alpha value is -1.78. The zero-order valence-electron chi connectivity index (χ0n) is 12.6. The molecule has 1 N–H and O–H groups in total. The van der Waals surface area contributed by atoms with Gasteiger partial charge in [0.25, 0.3) is 0 Å². The summed E-state index contributed by atoms with van der Waals surface area (Å²) in [5, 5.41) is 3.75. The van der Waals surface area contributed by atoms with Crippen molar-refractivity contribution in [1.82, 2.24) is 10.3 Å². The van der Waals surface area contributed by atoms with Crippen LogP contribution >= 0.6 is 11.6 Å². The number of anilines is 1. The van der Waals surface area contributed by atoms with Gasteiger partial charge in [-0.1, -0.05) is 29.8 Å². The van der Waals surface area contributed by atoms with E-state index in [0.717, 1.165) is 29.4 Å². The molecule has 0 atom stereocenters. The van der Waals surface area contributed by atoms with E-state index in [2.05, 4.69) is 21.3 Å². The van der Waals surface area contributed by atoms with Crippen LogP contribution in [0.25, 0.3) is 0 Å². The fourth-order valence-corrected chi connectivity index (χ4v) is 2.32. The highest BCUT2D eigenvalue weighted by molar-refractivity contribution is 6.31. The van der Waals surface area contributed by atoms with Crippen molar-refractivity contribution in [3.63, 3.8) is 0 Å². The van der Waals surface area contributed by atoms with Gasteiger partial charge >= 0.3 is 0 Å². The van der Waals surface area contributed by atoms with Crippen molar-refractivity contribution in [2.24, 2.45) is 0 Å². The lowest BCUT2D eigenvalue weighted by molar-refractivity contribution is 0.409. The van der Waals surface area contributed by atoms with Crippen LogP contribution in [-0.2, 0) is 13.1 Å². The molecule has 0 radical (unpaired) electrons. The second kappa shape index (κ2) is 7.29. The number of hydrogen-bond donors (Lipinski definition) is 1. The normalized spacial score (nSPS) is 10.5. The third-order valence-electron chi connectivity index (χ3n) is 3.24. The molecule has 0 fully saturated rings. The summed E-state index contributed by atoms with van der Waals surface area (Å²) in [5.41, 5.74) is 1.97. The molecule has 0 saturated heterocycles. The predicted octanol–water partition coefficient (Wildman–Crippen LogP) is 3.10. The Bertz CT molecular complexity index is 604. The molecule has 0 aliphatic heterocycles. The molecule has 0 amide bonds. The smallest absolute Gasteiger partial charge is 0.129 e. The van der Waals surface area contributed by atoms with E-state index in [9.17, 15) is 0 Å². The molecule has 2 aromatic rings. The number of nitrogens with zero attached hydrogens (tertiary/aromatic N) is 2. The van der Waals surface area contributed by atoms with Crippen molar-refractivity contribution in [2.45, 2.75) is 13.1 Å². The number of halogens is 1. The quantitative estimate of drug-likeness (QED) is 0.890. The summed E-state index contributed by atoms with van der Waals surface area (Å²) in [6.07, 6.45) is 0. The molecule has 0 saturated carbocycles. The number of benzene rings is 1. The van der Waals surface area contributed by atoms with Crippen LogP contribution in [0.1, 0.15) is 11.3 Å². The molecule has 5 heteroatoms. The number of para-hydroxylation sites is 1. The number of ether oxygens (including phenoxy) is 1. The van der Waals surface area contributed by atoms with Crippen molar-refractivity contribution in [3.05, 3.63) is 52.7 Å². The summed E-state index contributed by atoms with van der Waals surface area (Å²) in [5.74, 6) is 1.77. The van der Waals surface area contributed by atoms with Gasteiger partial charge in [-0.3, -0.25) is 0 Å². The number of pyridine rings is 1. The van der Waals surface area contributed by atoms with Gasteiger partial charge in [0.05, 0.1) is 17.8 Å². The average Bonchev–Trinajstić information content (AvgIpc) is 2.50. The summed E-state index contributed by atoms with van der Waals surface area (Å²) >= 11 is 6.15. The van der Waals surface area contributed by atoms with Gasteiger partial charge in [-0.2, -0.15) is 0 Å². The Kier molecular flexibility index (Phi) is 5.42. The third kappa shape index (κ3) is 3.86. The first-order chi connectivity index (χ1) is 10.2. The molecule has 1 aromatic carbocycles. The second-order valence-corrected chi connectivity index (χ2v) is 5.20. The highest BCUT2D eigenvalue weighted by atomic mass is 35.5. The first-order valence-corrected chi connectivity index (χ1v) is 7.16. The lowest BCUT2D eigenvalue weighted by atomic mass is 10.2. The molecule has 0 aliphatic rings. The second-order valence-electron chi connectivity index (χ2n) is 4.80. The van der Waals surface area contributed by atoms with Gasteiger partial charge in [0, 0.05) is 25.7 Å². The number of methoxy groups -OCH3 is 1. The van der Waals surface area contributed by atoms with Crippen LogP contribution in [0.2, 0.25) is 5.02 Å². The Morgan fingerprint density at radius 3 is 2.71 bits per heavy atom. The maximum absolute atomic E-state index is 6.15. The van der Waals surface area contributed by atoms with Crippen molar-refractivity contribution in [2.75, 3.05) is 26.1 Å². The van der Waals surface area contributed by atoms with Gasteiger partial charge in [0.1, 0.15) is 11.6 Å². The first-order valence-electron chi connectivity index (χ1n) is 6.78. The minimum absolute atomic E-state index is 0.648. The highest BCUT2D eigenvalue weighted by Gasteiger charge is 2.10. The summed E-state index contributed by atoms with van der Waals surface area (Å²) < 4.78 is 5.39. The van der Waals surface area contributed by atoms with E-state index in [0.29, 0.717) is 11.6 Å². The first kappa shape index (κ1) is 15.6. The molecule has 0 bridgehead atoms. The van der Waals surface area contributed by atoms with Crippen LogP contribution in [-0.4, -0.2) is 26.2 Å². The SMILES string of the molecule is CNCc1nc(N(C)Cc2ccccc2OC)ccc1Cl. The fraction of sp³-hybridized carbons (Fsp3) is 0.312. The Labute approximate surface area is 130 Å². The molecule has 1 aromatic heterocycles. The maximum atomic E-state index is 6.15. The molecule has 0 unspecified atom stereocenters. The largest absolute Gasteiger partial charge is 0.496 e. The van der Waals surface area contributed by atoms with E-state index in [-0.39, 0.29) is 0 Å². The van der Waals surface area contributed by atoms with E-state index in [1.54, 1.807) is 7.11 Å². The lowest BCUT2D eigenvalue weighted by Crippen LogP contribution is -2.19. The molecule has 2 rings (SSSR count). The molecule has 4 nitrogen and oxygen atoms in total. The zero-order chi connectivity index (χ0) is 15.2. The van der Waals surface area contributed by atoms with Gasteiger partial charge in [0.2, 0.25) is 0 Å². The van der Waals surface area contributed by atoms with Crippen molar-refractivity contribution < 1.29 is 4.74 Å². The van der Waals surface area contributed by atoms with Crippen LogP contribution in [0.4, 0.5) is 5.82 Å². The zero-order valence-corrected chi connectivity index (χ0v) is 13.3. The predicted molar refractivity (Wildman–Crippen MR) is 87.1 cm³/mol. The Morgan fingerprint density at radius 1 is 1.24 bits per heavy atom. The molecule has 1 heterocycles. The van der Waals surface area contributed by atoms with Crippen LogP contribution in [0.15, 0.2) is 36.4 Å².